The van der Waals surface area contributed by atoms with Crippen molar-refractivity contribution in [3.8, 4) is 11.5 Å². The van der Waals surface area contributed by atoms with E-state index in [0.29, 0.717) is 18.8 Å². The van der Waals surface area contributed by atoms with Gasteiger partial charge in [0.15, 0.2) is 0 Å². The molecule has 1 aromatic rings. The fourth-order valence-electron chi connectivity index (χ4n) is 2.52. The molecule has 104 valence electrons. The van der Waals surface area contributed by atoms with E-state index >= 15 is 0 Å². The van der Waals surface area contributed by atoms with Crippen molar-refractivity contribution < 1.29 is 14.3 Å². The lowest BCUT2D eigenvalue weighted by atomic mass is 9.69. The summed E-state index contributed by atoms with van der Waals surface area (Å²) in [5, 5.41) is 0. The molecule has 0 aliphatic heterocycles. The van der Waals surface area contributed by atoms with Gasteiger partial charge in [-0.25, -0.2) is 0 Å². The van der Waals surface area contributed by atoms with Gasteiger partial charge in [-0.3, -0.25) is 4.79 Å². The highest BCUT2D eigenvalue weighted by Crippen LogP contribution is 2.50. The van der Waals surface area contributed by atoms with Crippen LogP contribution in [-0.2, 0) is 4.79 Å². The first-order valence-electron chi connectivity index (χ1n) is 6.69. The molecule has 1 fully saturated rings. The number of Topliss-reactive ketones (excluding diaryl/α,β-unsaturated/α-hetero) is 1. The molecule has 1 aromatic carbocycles. The van der Waals surface area contributed by atoms with Gasteiger partial charge in [0.05, 0.1) is 13.7 Å². The van der Waals surface area contributed by atoms with Crippen LogP contribution in [0.1, 0.15) is 33.6 Å². The lowest BCUT2D eigenvalue weighted by Gasteiger charge is -2.36. The van der Waals surface area contributed by atoms with Crippen LogP contribution in [-0.4, -0.2) is 19.5 Å². The zero-order valence-corrected chi connectivity index (χ0v) is 12.2. The topological polar surface area (TPSA) is 35.5 Å². The average molecular weight is 262 g/mol. The van der Waals surface area contributed by atoms with Gasteiger partial charge in [-0.15, -0.1) is 0 Å². The summed E-state index contributed by atoms with van der Waals surface area (Å²) in [5.74, 6) is 1.97. The molecule has 1 atom stereocenters. The molecule has 0 radical (unpaired) electrons. The molecule has 3 heteroatoms. The molecule has 0 heterocycles. The normalized spacial score (nSPS) is 25.4. The molecule has 0 aromatic heterocycles. The summed E-state index contributed by atoms with van der Waals surface area (Å²) in [7, 11) is 1.64. The molecule has 0 N–H and O–H groups in total. The van der Waals surface area contributed by atoms with Gasteiger partial charge in [0.1, 0.15) is 17.3 Å². The van der Waals surface area contributed by atoms with Gasteiger partial charge < -0.3 is 9.47 Å². The zero-order valence-electron chi connectivity index (χ0n) is 12.2. The molecule has 19 heavy (non-hydrogen) atoms. The molecule has 1 aliphatic rings. The number of ketones is 1. The number of carbonyl (C=O) groups excluding carboxylic acids is 1. The second-order valence-electron chi connectivity index (χ2n) is 6.07. The van der Waals surface area contributed by atoms with Crippen LogP contribution in [0.3, 0.4) is 0 Å². The number of benzene rings is 1. The van der Waals surface area contributed by atoms with E-state index in [1.165, 1.54) is 0 Å². The Kier molecular flexibility index (Phi) is 3.57. The Bertz CT molecular complexity index is 461. The summed E-state index contributed by atoms with van der Waals surface area (Å²) in [6.45, 7) is 6.76. The Morgan fingerprint density at radius 1 is 1.11 bits per heavy atom. The first kappa shape index (κ1) is 13.9. The fourth-order valence-corrected chi connectivity index (χ4v) is 2.52. The van der Waals surface area contributed by atoms with Crippen molar-refractivity contribution in [1.29, 1.82) is 0 Å². The van der Waals surface area contributed by atoms with Gasteiger partial charge in [-0.2, -0.15) is 0 Å². The van der Waals surface area contributed by atoms with Gasteiger partial charge in [-0.1, -0.05) is 20.8 Å². The quantitative estimate of drug-likeness (QED) is 0.833. The first-order valence-corrected chi connectivity index (χ1v) is 6.69. The van der Waals surface area contributed by atoms with Crippen molar-refractivity contribution in [2.75, 3.05) is 13.7 Å². The predicted molar refractivity (Wildman–Crippen MR) is 74.6 cm³/mol. The summed E-state index contributed by atoms with van der Waals surface area (Å²) in [5.41, 5.74) is -0.399. The molecule has 3 nitrogen and oxygen atoms in total. The summed E-state index contributed by atoms with van der Waals surface area (Å²) in [6.07, 6.45) is 1.56. The second-order valence-corrected chi connectivity index (χ2v) is 6.07. The number of carbonyl (C=O) groups is 1. The average Bonchev–Trinajstić information content (AvgIpc) is 2.61. The molecule has 0 saturated heterocycles. The smallest absolute Gasteiger partial charge is 0.139 e. The van der Waals surface area contributed by atoms with Crippen molar-refractivity contribution in [3.05, 3.63) is 24.3 Å². The van der Waals surface area contributed by atoms with Crippen LogP contribution in [0.15, 0.2) is 24.3 Å². The highest BCUT2D eigenvalue weighted by molar-refractivity contribution is 5.87. The second kappa shape index (κ2) is 4.87. The van der Waals surface area contributed by atoms with E-state index < -0.39 is 0 Å². The van der Waals surface area contributed by atoms with Crippen LogP contribution in [0.2, 0.25) is 0 Å². The van der Waals surface area contributed by atoms with E-state index in [0.717, 1.165) is 17.9 Å². The minimum Gasteiger partial charge on any atom is -0.497 e. The summed E-state index contributed by atoms with van der Waals surface area (Å²) < 4.78 is 11.0. The summed E-state index contributed by atoms with van der Waals surface area (Å²) in [4.78, 5) is 11.9. The minimum absolute atomic E-state index is 0.0932. The maximum absolute atomic E-state index is 11.9. The highest BCUT2D eigenvalue weighted by atomic mass is 16.5. The Hall–Kier alpha value is -1.51. The van der Waals surface area contributed by atoms with Crippen LogP contribution in [0, 0.1) is 10.8 Å². The van der Waals surface area contributed by atoms with E-state index in [4.69, 9.17) is 9.47 Å². The van der Waals surface area contributed by atoms with E-state index in [9.17, 15) is 4.79 Å². The van der Waals surface area contributed by atoms with Gasteiger partial charge in [0.2, 0.25) is 0 Å². The van der Waals surface area contributed by atoms with Gasteiger partial charge >= 0.3 is 0 Å². The number of hydrogen-bond acceptors (Lipinski definition) is 3. The highest BCUT2D eigenvalue weighted by Gasteiger charge is 2.51. The standard InChI is InChI=1S/C16H22O3/c1-15(2)14(17)9-10-16(15,3)11-19-13-7-5-12(18-4)6-8-13/h5-8H,9-11H2,1-4H3. The lowest BCUT2D eigenvalue weighted by molar-refractivity contribution is -0.128. The molecule has 1 unspecified atom stereocenters. The maximum Gasteiger partial charge on any atom is 0.139 e. The Morgan fingerprint density at radius 3 is 2.16 bits per heavy atom. The monoisotopic (exact) mass is 262 g/mol. The molecule has 1 saturated carbocycles. The van der Waals surface area contributed by atoms with Gasteiger partial charge in [-0.05, 0) is 30.7 Å². The number of hydrogen-bond donors (Lipinski definition) is 0. The molecular formula is C16H22O3. The van der Waals surface area contributed by atoms with Crippen LogP contribution in [0.25, 0.3) is 0 Å². The number of methoxy groups -OCH3 is 1. The SMILES string of the molecule is COc1ccc(OCC2(C)CCC(=O)C2(C)C)cc1. The maximum atomic E-state index is 11.9. The van der Waals surface area contributed by atoms with Crippen LogP contribution in [0.4, 0.5) is 0 Å². The molecule has 0 bridgehead atoms. The Balaban J connectivity index is 2.03. The number of ether oxygens (including phenoxy) is 2. The van der Waals surface area contributed by atoms with E-state index in [2.05, 4.69) is 6.92 Å². The summed E-state index contributed by atoms with van der Waals surface area (Å²) in [6, 6.07) is 7.54. The summed E-state index contributed by atoms with van der Waals surface area (Å²) >= 11 is 0. The third-order valence-corrected chi connectivity index (χ3v) is 4.73. The molecule has 2 rings (SSSR count). The lowest BCUT2D eigenvalue weighted by Crippen LogP contribution is -2.39. The van der Waals surface area contributed by atoms with Crippen molar-refractivity contribution in [2.45, 2.75) is 33.6 Å². The van der Waals surface area contributed by atoms with Crippen molar-refractivity contribution >= 4 is 5.78 Å². The van der Waals surface area contributed by atoms with Crippen LogP contribution < -0.4 is 9.47 Å². The zero-order chi connectivity index (χ0) is 14.1. The first-order chi connectivity index (χ1) is 8.89. The van der Waals surface area contributed by atoms with Crippen molar-refractivity contribution in [2.24, 2.45) is 10.8 Å². The Labute approximate surface area is 114 Å². The van der Waals surface area contributed by atoms with E-state index in [-0.39, 0.29) is 10.8 Å². The fraction of sp³-hybridized carbons (Fsp3) is 0.562. The Morgan fingerprint density at radius 2 is 1.68 bits per heavy atom. The third kappa shape index (κ3) is 2.46. The van der Waals surface area contributed by atoms with Gasteiger partial charge in [0.25, 0.3) is 0 Å². The molecule has 0 amide bonds. The molecule has 1 aliphatic carbocycles. The van der Waals surface area contributed by atoms with Gasteiger partial charge in [0, 0.05) is 17.3 Å². The molecule has 0 spiro atoms. The number of rotatable bonds is 4. The van der Waals surface area contributed by atoms with E-state index in [1.807, 2.05) is 38.1 Å². The predicted octanol–water partition coefficient (Wildman–Crippen LogP) is 3.47. The van der Waals surface area contributed by atoms with Crippen LogP contribution in [0.5, 0.6) is 11.5 Å². The minimum atomic E-state index is -0.306. The largest absolute Gasteiger partial charge is 0.497 e. The molecular weight excluding hydrogens is 240 g/mol. The third-order valence-electron chi connectivity index (χ3n) is 4.73. The van der Waals surface area contributed by atoms with Crippen LogP contribution >= 0.6 is 0 Å². The van der Waals surface area contributed by atoms with Crippen molar-refractivity contribution in [3.63, 3.8) is 0 Å². The van der Waals surface area contributed by atoms with Crippen molar-refractivity contribution in [1.82, 2.24) is 0 Å². The van der Waals surface area contributed by atoms with E-state index in [1.54, 1.807) is 7.11 Å².